The normalized spacial score (nSPS) is 24.3. The number of benzene rings is 1. The minimum atomic E-state index is -1.78. The van der Waals surface area contributed by atoms with E-state index in [9.17, 15) is 76.7 Å². The number of nitrogens with one attached hydrogen (secondary N) is 15. The third-order valence-electron chi connectivity index (χ3n) is 19.1. The minimum absolute atomic E-state index is 0.0133. The molecule has 1 aliphatic rings. The fourth-order valence-corrected chi connectivity index (χ4v) is 14.7. The van der Waals surface area contributed by atoms with Crippen LogP contribution < -0.4 is 120 Å². The van der Waals surface area contributed by atoms with Crippen molar-refractivity contribution in [2.45, 2.75) is 244 Å². The number of nitrogens with zero attached hydrogens (tertiary/aromatic N) is 1. The number of fused-ring (bicyclic) bond motifs is 1. The highest BCUT2D eigenvalue weighted by molar-refractivity contribution is 8.76. The number of primary amides is 3. The Morgan fingerprint density at radius 3 is 1.45 bits per heavy atom. The molecular weight excluding hydrogens is 1570 g/mol. The molecule has 3 rings (SSSR count). The summed E-state index contributed by atoms with van der Waals surface area (Å²) >= 11 is 0. The van der Waals surface area contributed by atoms with Gasteiger partial charge in [-0.3, -0.25) is 86.5 Å². The van der Waals surface area contributed by atoms with Gasteiger partial charge in [-0.2, -0.15) is 0 Å². The zero-order valence-electron chi connectivity index (χ0n) is 68.8. The van der Waals surface area contributed by atoms with Gasteiger partial charge in [0.25, 0.3) is 0 Å². The van der Waals surface area contributed by atoms with E-state index in [-0.39, 0.29) is 120 Å². The number of aromatic nitrogens is 1. The Morgan fingerprint density at radius 1 is 0.483 bits per heavy atom. The van der Waals surface area contributed by atoms with Gasteiger partial charge in [-0.25, -0.2) is 0 Å². The van der Waals surface area contributed by atoms with E-state index in [0.717, 1.165) is 28.5 Å². The van der Waals surface area contributed by atoms with E-state index in [2.05, 4.69) is 84.4 Å². The molecule has 0 aliphatic carbocycles. The minimum Gasteiger partial charge on any atom is -0.370 e. The number of guanidine groups is 1. The van der Waals surface area contributed by atoms with Gasteiger partial charge in [-0.15, -0.1) is 0 Å². The molecule has 31 N–H and O–H groups in total. The average Bonchev–Trinajstić information content (AvgIpc) is 1.67. The van der Waals surface area contributed by atoms with Crippen LogP contribution in [-0.2, 0) is 87.9 Å². The number of carbonyl (C=O) groups is 17. The molecule has 0 radical (unpaired) electrons. The first-order chi connectivity index (χ1) is 55.7. The summed E-state index contributed by atoms with van der Waals surface area (Å²) in [6.45, 7) is 13.8. The number of aliphatic imine (C=N–C) groups is 1. The van der Waals surface area contributed by atoms with Gasteiger partial charge in [0.1, 0.15) is 78.5 Å². The summed E-state index contributed by atoms with van der Waals surface area (Å²) in [6.07, 6.45) is 0.862. The highest BCUT2D eigenvalue weighted by Gasteiger charge is 2.40. The third kappa shape index (κ3) is 36.6. The van der Waals surface area contributed by atoms with Crippen molar-refractivity contribution in [1.82, 2.24) is 79.4 Å². The smallest absolute Gasteiger partial charge is 0.244 e. The molecule has 43 heteroatoms. The van der Waals surface area contributed by atoms with Gasteiger partial charge >= 0.3 is 0 Å². The molecule has 1 aromatic heterocycles. The number of amides is 17. The van der Waals surface area contributed by atoms with E-state index >= 15 is 4.79 Å². The molecule has 0 saturated carbocycles. The van der Waals surface area contributed by atoms with Crippen molar-refractivity contribution in [3.63, 3.8) is 0 Å². The van der Waals surface area contributed by atoms with Gasteiger partial charge in [-0.1, -0.05) is 102 Å². The second-order valence-corrected chi connectivity index (χ2v) is 32.8. The first kappa shape index (κ1) is 102. The molecule has 1 aromatic carbocycles. The van der Waals surface area contributed by atoms with Gasteiger partial charge in [0.05, 0.1) is 13.0 Å². The lowest BCUT2D eigenvalue weighted by Crippen LogP contribution is -2.61. The van der Waals surface area contributed by atoms with Gasteiger partial charge in [0.2, 0.25) is 100 Å². The van der Waals surface area contributed by atoms with Gasteiger partial charge in [0.15, 0.2) is 5.96 Å². The topological polar surface area (TPSA) is 695 Å². The Balaban J connectivity index is 2.29. The van der Waals surface area contributed by atoms with Crippen LogP contribution in [0.15, 0.2) is 35.5 Å². The highest BCUT2D eigenvalue weighted by Crippen LogP contribution is 2.25. The van der Waals surface area contributed by atoms with Crippen LogP contribution >= 0.6 is 21.6 Å². The van der Waals surface area contributed by atoms with Crippen molar-refractivity contribution in [2.24, 2.45) is 74.5 Å². The molecule has 2 aromatic rings. The third-order valence-corrected chi connectivity index (χ3v) is 21.5. The number of rotatable bonds is 30. The van der Waals surface area contributed by atoms with Crippen LogP contribution in [-0.4, -0.2) is 234 Å². The summed E-state index contributed by atoms with van der Waals surface area (Å²) in [4.78, 5) is 246. The number of hydrogen-bond donors (Lipinski definition) is 23. The number of hydrogen-bond acceptors (Lipinski definition) is 23. The maximum atomic E-state index is 15.0. The molecule has 2 heterocycles. The van der Waals surface area contributed by atoms with Gasteiger partial charge in [-0.05, 0) is 132 Å². The summed E-state index contributed by atoms with van der Waals surface area (Å²) in [5.41, 5.74) is 46.9. The number of nitrogens with two attached hydrogens (primary N) is 8. The largest absolute Gasteiger partial charge is 0.370 e. The van der Waals surface area contributed by atoms with Crippen molar-refractivity contribution in [3.05, 3.63) is 36.0 Å². The Kier molecular flexibility index (Phi) is 45.8. The van der Waals surface area contributed by atoms with Crippen LogP contribution in [0.25, 0.3) is 10.9 Å². The van der Waals surface area contributed by atoms with E-state index < -0.39 is 223 Å². The van der Waals surface area contributed by atoms with E-state index in [1.807, 2.05) is 0 Å². The Labute approximate surface area is 694 Å². The van der Waals surface area contributed by atoms with Gasteiger partial charge in [0, 0.05) is 54.9 Å². The standard InChI is InChI=1S/C75H126N24O17S2/c1-10-41(8)61-74(116)92-47(21-13-15-27-76)65(107)90-50(25-26-56(79)101)67(109)96-54(62(81)104)36-117-118-37-55(87-42(9)100)71(113)89-49(24-18-30-84-75(82)83)66(108)93-51(31-38(2)3)69(111)98-59(39(4)5)72(114)91-48(22-14-16-28-77)68(110)97-60(40(6)7)73(115)95-53(33-57(80)102)63(105)86-35-58(103)88-46(23-17-29-78)64(106)94-52(70(112)99-61)32-43-34-85-45-20-12-11-19-44(43)45/h11-12,19-20,34,38-41,46-55,59-61,85H,10,13-18,21-33,35-37,76-78H2,1-9H3,(H2,79,101)(H2,80,102)(H2,81,104)(H,86,105)(H,87,100)(H,88,103)(H,89,113)(H,90,107)(H,91,114)(H,92,116)(H,93,108)(H,94,106)(H,95,115)(H,96,109)(H,97,110)(H,98,111)(H,99,112)(H4,82,83,84)/t41-,46-,47-,48-,49-,50-,51-,52-,53-,54-,55-,59-,60-,61-/m0/s1. The second kappa shape index (κ2) is 53.1. The lowest BCUT2D eigenvalue weighted by Gasteiger charge is -2.30. The van der Waals surface area contributed by atoms with Crippen molar-refractivity contribution in [3.8, 4) is 0 Å². The van der Waals surface area contributed by atoms with Crippen molar-refractivity contribution >= 4 is 139 Å². The molecule has 118 heavy (non-hydrogen) atoms. The summed E-state index contributed by atoms with van der Waals surface area (Å²) < 4.78 is 0. The fraction of sp³-hybridized carbons (Fsp3) is 0.653. The van der Waals surface area contributed by atoms with Gasteiger partial charge < -0.3 is 125 Å². The fourth-order valence-electron chi connectivity index (χ4n) is 12.4. The Bertz CT molecular complexity index is 3770. The number of carbonyl (C=O) groups excluding carboxylic acids is 17. The van der Waals surface area contributed by atoms with Crippen molar-refractivity contribution in [1.29, 1.82) is 0 Å². The summed E-state index contributed by atoms with van der Waals surface area (Å²) in [5.74, 6) is -19.2. The summed E-state index contributed by atoms with van der Waals surface area (Å²) in [7, 11) is 1.84. The zero-order chi connectivity index (χ0) is 88.5. The number of H-pyrrole nitrogens is 1. The first-order valence-electron chi connectivity index (χ1n) is 39.7. The number of aromatic amines is 1. The Morgan fingerprint density at radius 2 is 0.932 bits per heavy atom. The molecule has 1 aliphatic heterocycles. The first-order valence-corrected chi connectivity index (χ1v) is 42.2. The number of para-hydroxylation sites is 1. The predicted octanol–water partition coefficient (Wildman–Crippen LogP) is -5.38. The molecule has 0 spiro atoms. The molecular formula is C75H126N24O17S2. The predicted molar refractivity (Wildman–Crippen MR) is 445 cm³/mol. The molecule has 660 valence electrons. The second-order valence-electron chi connectivity index (χ2n) is 30.2. The average molecular weight is 1700 g/mol. The summed E-state index contributed by atoms with van der Waals surface area (Å²) in [5, 5.41) is 37.1. The lowest BCUT2D eigenvalue weighted by atomic mass is 9.96. The summed E-state index contributed by atoms with van der Waals surface area (Å²) in [6, 6.07) is -12.3. The Hall–Kier alpha value is -10.4. The van der Waals surface area contributed by atoms with E-state index in [1.54, 1.807) is 85.9 Å². The quantitative estimate of drug-likeness (QED) is 0.0150. The maximum absolute atomic E-state index is 15.0. The molecule has 17 amide bonds. The van der Waals surface area contributed by atoms with Crippen molar-refractivity contribution in [2.75, 3.05) is 44.2 Å². The molecule has 14 atom stereocenters. The van der Waals surface area contributed by atoms with E-state index in [1.165, 1.54) is 0 Å². The van der Waals surface area contributed by atoms with Crippen LogP contribution in [0.1, 0.15) is 164 Å². The van der Waals surface area contributed by atoms with Crippen molar-refractivity contribution < 1.29 is 81.5 Å². The van der Waals surface area contributed by atoms with Crippen LogP contribution in [0.2, 0.25) is 0 Å². The van der Waals surface area contributed by atoms with E-state index in [4.69, 9.17) is 45.9 Å². The SMILES string of the molecule is CC[C@H](C)[C@@H]1NC(=O)[C@H](Cc2c[nH]c3ccccc23)NC(=O)[C@H](CCCN)NC(=O)CNC(=O)[C@H](CC(N)=O)NC(=O)[C@H](C(C)C)NC(=O)[C@H](CCCCN)NC(=O)[C@H](C(C)C)NC(=O)[C@H](CC(C)C)NC(=O)[C@H](CCCN=C(N)N)NC(=O)[C@@H](NC(C)=O)CSSC[C@@H](C(N)=O)NC(=O)[C@H](CCC(N)=O)NC(=O)[C@H](CCCCN)NC1=O. The van der Waals surface area contributed by atoms with Crippen LogP contribution in [0.4, 0.5) is 0 Å². The zero-order valence-corrected chi connectivity index (χ0v) is 70.4. The lowest BCUT2D eigenvalue weighted by molar-refractivity contribution is -0.137. The molecule has 41 nitrogen and oxygen atoms in total. The van der Waals surface area contributed by atoms with Crippen LogP contribution in [0.5, 0.6) is 0 Å². The maximum Gasteiger partial charge on any atom is 0.244 e. The number of unbranched alkanes of at least 4 members (excludes halogenated alkanes) is 2. The van der Waals surface area contributed by atoms with Crippen LogP contribution in [0, 0.1) is 23.7 Å². The highest BCUT2D eigenvalue weighted by atomic mass is 33.1. The van der Waals surface area contributed by atoms with Crippen LogP contribution in [0.3, 0.4) is 0 Å². The monoisotopic (exact) mass is 1700 g/mol. The molecule has 1 saturated heterocycles. The molecule has 1 fully saturated rings. The molecule has 0 bridgehead atoms. The van der Waals surface area contributed by atoms with E-state index in [0.29, 0.717) is 29.3 Å². The molecule has 0 unspecified atom stereocenters.